The maximum absolute atomic E-state index is 9.90. The van der Waals surface area contributed by atoms with Crippen LogP contribution in [-0.4, -0.2) is 24.9 Å². The molecule has 0 bridgehead atoms. The summed E-state index contributed by atoms with van der Waals surface area (Å²) in [4.78, 5) is 0. The van der Waals surface area contributed by atoms with E-state index in [1.807, 2.05) is 30.3 Å². The molecule has 0 saturated heterocycles. The number of benzene rings is 2. The van der Waals surface area contributed by atoms with Gasteiger partial charge in [-0.05, 0) is 18.2 Å². The highest BCUT2D eigenvalue weighted by atomic mass is 16.5. The third-order valence-corrected chi connectivity index (χ3v) is 3.33. The Kier molecular flexibility index (Phi) is 4.15. The van der Waals surface area contributed by atoms with Crippen molar-refractivity contribution >= 4 is 0 Å². The maximum atomic E-state index is 9.90. The van der Waals surface area contributed by atoms with Gasteiger partial charge < -0.3 is 19.3 Å². The Morgan fingerprint density at radius 1 is 1.05 bits per heavy atom. The molecule has 0 atom stereocenters. The molecule has 1 aliphatic rings. The first-order valence-corrected chi connectivity index (χ1v) is 7.12. The molecule has 0 aliphatic carbocycles. The number of hydrogen-bond donors (Lipinski definition) is 1. The fourth-order valence-electron chi connectivity index (χ4n) is 2.26. The molecule has 1 aliphatic heterocycles. The van der Waals surface area contributed by atoms with Crippen LogP contribution < -0.4 is 14.2 Å². The van der Waals surface area contributed by atoms with Gasteiger partial charge in [0.15, 0.2) is 11.5 Å². The Hall–Kier alpha value is -2.36. The first-order chi connectivity index (χ1) is 10.3. The summed E-state index contributed by atoms with van der Waals surface area (Å²) < 4.78 is 16.6. The molecule has 4 nitrogen and oxygen atoms in total. The van der Waals surface area contributed by atoms with Gasteiger partial charge in [0, 0.05) is 24.5 Å². The van der Waals surface area contributed by atoms with Crippen molar-refractivity contribution in [3.8, 4) is 23.0 Å². The van der Waals surface area contributed by atoms with E-state index in [0.29, 0.717) is 25.6 Å². The van der Waals surface area contributed by atoms with Crippen molar-refractivity contribution in [3.05, 3.63) is 48.0 Å². The lowest BCUT2D eigenvalue weighted by Gasteiger charge is -2.10. The molecule has 1 N–H and O–H groups in total. The lowest BCUT2D eigenvalue weighted by molar-refractivity contribution is 0.241. The summed E-state index contributed by atoms with van der Waals surface area (Å²) in [6.07, 6.45) is 1.58. The minimum absolute atomic E-state index is 0.170. The van der Waals surface area contributed by atoms with Crippen molar-refractivity contribution in [2.24, 2.45) is 0 Å². The summed E-state index contributed by atoms with van der Waals surface area (Å²) in [7, 11) is 0. The standard InChI is InChI=1S/C17H18O4/c18-15-11-13-7-10-21-16(13)12-17(15)20-9-4-8-19-14-5-2-1-3-6-14/h1-3,5-6,11-12,18H,4,7-10H2. The van der Waals surface area contributed by atoms with Gasteiger partial charge in [-0.15, -0.1) is 0 Å². The number of phenols is 1. The summed E-state index contributed by atoms with van der Waals surface area (Å²) in [6.45, 7) is 1.73. The largest absolute Gasteiger partial charge is 0.504 e. The second-order valence-corrected chi connectivity index (χ2v) is 4.89. The highest BCUT2D eigenvalue weighted by Gasteiger charge is 2.16. The van der Waals surface area contributed by atoms with Crippen LogP contribution in [0.5, 0.6) is 23.0 Å². The van der Waals surface area contributed by atoms with Gasteiger partial charge in [0.1, 0.15) is 11.5 Å². The Balaban J connectivity index is 1.45. The van der Waals surface area contributed by atoms with Crippen LogP contribution in [0.1, 0.15) is 12.0 Å². The van der Waals surface area contributed by atoms with Gasteiger partial charge >= 0.3 is 0 Å². The monoisotopic (exact) mass is 286 g/mol. The molecule has 0 radical (unpaired) electrons. The number of para-hydroxylation sites is 1. The van der Waals surface area contributed by atoms with Gasteiger partial charge in [-0.1, -0.05) is 18.2 Å². The van der Waals surface area contributed by atoms with E-state index in [1.165, 1.54) is 0 Å². The average Bonchev–Trinajstić information content (AvgIpc) is 2.95. The summed E-state index contributed by atoms with van der Waals surface area (Å²) in [5, 5.41) is 9.90. The van der Waals surface area contributed by atoms with Crippen molar-refractivity contribution in [1.82, 2.24) is 0 Å². The van der Waals surface area contributed by atoms with Crippen molar-refractivity contribution in [1.29, 1.82) is 0 Å². The zero-order valence-corrected chi connectivity index (χ0v) is 11.7. The molecule has 0 aromatic heterocycles. The number of ether oxygens (including phenoxy) is 3. The van der Waals surface area contributed by atoms with Crippen LogP contribution >= 0.6 is 0 Å². The lowest BCUT2D eigenvalue weighted by atomic mass is 10.1. The van der Waals surface area contributed by atoms with E-state index >= 15 is 0 Å². The highest BCUT2D eigenvalue weighted by molar-refractivity contribution is 5.51. The van der Waals surface area contributed by atoms with Crippen molar-refractivity contribution < 1.29 is 19.3 Å². The first kappa shape index (κ1) is 13.6. The van der Waals surface area contributed by atoms with Crippen molar-refractivity contribution in [2.45, 2.75) is 12.8 Å². The summed E-state index contributed by atoms with van der Waals surface area (Å²) in [5.74, 6) is 2.30. The first-order valence-electron chi connectivity index (χ1n) is 7.12. The van der Waals surface area contributed by atoms with Gasteiger partial charge in [0.05, 0.1) is 19.8 Å². The van der Waals surface area contributed by atoms with E-state index in [-0.39, 0.29) is 5.75 Å². The quantitative estimate of drug-likeness (QED) is 0.829. The van der Waals surface area contributed by atoms with Gasteiger partial charge in [-0.3, -0.25) is 0 Å². The number of rotatable bonds is 6. The predicted molar refractivity (Wildman–Crippen MR) is 79.4 cm³/mol. The minimum Gasteiger partial charge on any atom is -0.504 e. The molecule has 3 rings (SSSR count). The molecule has 2 aromatic rings. The number of fused-ring (bicyclic) bond motifs is 1. The van der Waals surface area contributed by atoms with Crippen LogP contribution in [0.25, 0.3) is 0 Å². The van der Waals surface area contributed by atoms with Gasteiger partial charge in [-0.2, -0.15) is 0 Å². The Labute approximate surface area is 123 Å². The normalized spacial score (nSPS) is 12.6. The zero-order chi connectivity index (χ0) is 14.5. The van der Waals surface area contributed by atoms with E-state index in [4.69, 9.17) is 14.2 Å². The third kappa shape index (κ3) is 3.40. The van der Waals surface area contributed by atoms with Crippen LogP contribution in [0.3, 0.4) is 0 Å². The number of hydrogen-bond acceptors (Lipinski definition) is 4. The van der Waals surface area contributed by atoms with E-state index in [2.05, 4.69) is 0 Å². The highest BCUT2D eigenvalue weighted by Crippen LogP contribution is 2.36. The Bertz CT molecular complexity index is 595. The van der Waals surface area contributed by atoms with Crippen molar-refractivity contribution in [3.63, 3.8) is 0 Å². The topological polar surface area (TPSA) is 47.9 Å². The molecule has 2 aromatic carbocycles. The molecule has 110 valence electrons. The molecule has 0 saturated carbocycles. The van der Waals surface area contributed by atoms with Crippen LogP contribution in [0.2, 0.25) is 0 Å². The van der Waals surface area contributed by atoms with E-state index in [1.54, 1.807) is 12.1 Å². The summed E-state index contributed by atoms with van der Waals surface area (Å²) in [5.41, 5.74) is 1.03. The zero-order valence-electron chi connectivity index (χ0n) is 11.7. The fourth-order valence-corrected chi connectivity index (χ4v) is 2.26. The molecule has 21 heavy (non-hydrogen) atoms. The fraction of sp³-hybridized carbons (Fsp3) is 0.294. The van der Waals surface area contributed by atoms with Gasteiger partial charge in [-0.25, -0.2) is 0 Å². The average molecular weight is 286 g/mol. The van der Waals surface area contributed by atoms with Crippen LogP contribution in [0, 0.1) is 0 Å². The molecule has 0 amide bonds. The van der Waals surface area contributed by atoms with Crippen LogP contribution in [0.15, 0.2) is 42.5 Å². The van der Waals surface area contributed by atoms with Crippen LogP contribution in [0.4, 0.5) is 0 Å². The van der Waals surface area contributed by atoms with E-state index in [9.17, 15) is 5.11 Å². The molecule has 0 fully saturated rings. The third-order valence-electron chi connectivity index (χ3n) is 3.33. The minimum atomic E-state index is 0.170. The van der Waals surface area contributed by atoms with Gasteiger partial charge in [0.2, 0.25) is 0 Å². The molecule has 4 heteroatoms. The predicted octanol–water partition coefficient (Wildman–Crippen LogP) is 3.18. The summed E-state index contributed by atoms with van der Waals surface area (Å²) >= 11 is 0. The van der Waals surface area contributed by atoms with E-state index < -0.39 is 0 Å². The van der Waals surface area contributed by atoms with E-state index in [0.717, 1.165) is 29.9 Å². The second kappa shape index (κ2) is 6.39. The number of phenolic OH excluding ortho intramolecular Hbond substituents is 1. The molecule has 0 spiro atoms. The van der Waals surface area contributed by atoms with Crippen LogP contribution in [-0.2, 0) is 6.42 Å². The Morgan fingerprint density at radius 3 is 2.71 bits per heavy atom. The smallest absolute Gasteiger partial charge is 0.164 e. The maximum Gasteiger partial charge on any atom is 0.164 e. The SMILES string of the molecule is Oc1cc2c(cc1OCCCOc1ccccc1)OCC2. The number of aromatic hydroxyl groups is 1. The molecule has 0 unspecified atom stereocenters. The molecular formula is C17H18O4. The van der Waals surface area contributed by atoms with Gasteiger partial charge in [0.25, 0.3) is 0 Å². The molecular weight excluding hydrogens is 268 g/mol. The molecule has 1 heterocycles. The Morgan fingerprint density at radius 2 is 1.86 bits per heavy atom. The van der Waals surface area contributed by atoms with Crippen molar-refractivity contribution in [2.75, 3.05) is 19.8 Å². The lowest BCUT2D eigenvalue weighted by Crippen LogP contribution is -2.05. The summed E-state index contributed by atoms with van der Waals surface area (Å²) in [6, 6.07) is 13.2. The second-order valence-electron chi connectivity index (χ2n) is 4.89.